The second-order valence-corrected chi connectivity index (χ2v) is 7.89. The molecule has 1 amide bonds. The maximum absolute atomic E-state index is 12.4. The monoisotopic (exact) mass is 412 g/mol. The van der Waals surface area contributed by atoms with Gasteiger partial charge >= 0.3 is 0 Å². The molecule has 1 aliphatic rings. The van der Waals surface area contributed by atoms with Crippen molar-refractivity contribution in [2.75, 3.05) is 36.4 Å². The molecule has 2 aromatic rings. The van der Waals surface area contributed by atoms with Crippen LogP contribution >= 0.6 is 0 Å². The Morgan fingerprint density at radius 1 is 1.03 bits per heavy atom. The summed E-state index contributed by atoms with van der Waals surface area (Å²) in [6.45, 7) is 2.91. The molecule has 8 nitrogen and oxygen atoms in total. The Balaban J connectivity index is 1.61. The fraction of sp³-hybridized carbons (Fsp3) is 0.200. The predicted octanol–water partition coefficient (Wildman–Crippen LogP) is 2.10. The molecule has 0 saturated carbocycles. The van der Waals surface area contributed by atoms with Gasteiger partial charge in [0.25, 0.3) is 16.0 Å². The molecule has 0 unspecified atom stereocenters. The first-order chi connectivity index (χ1) is 13.9. The number of anilines is 2. The quantitative estimate of drug-likeness (QED) is 0.439. The highest BCUT2D eigenvalue weighted by Crippen LogP contribution is 2.17. The van der Waals surface area contributed by atoms with Crippen molar-refractivity contribution in [3.05, 3.63) is 66.4 Å². The molecule has 29 heavy (non-hydrogen) atoms. The van der Waals surface area contributed by atoms with E-state index in [2.05, 4.69) is 10.2 Å². The second-order valence-electron chi connectivity index (χ2n) is 6.47. The van der Waals surface area contributed by atoms with Gasteiger partial charge in [0, 0.05) is 43.8 Å². The van der Waals surface area contributed by atoms with Crippen LogP contribution in [0.3, 0.4) is 0 Å². The van der Waals surface area contributed by atoms with E-state index in [1.165, 1.54) is 24.3 Å². The highest BCUT2D eigenvalue weighted by Gasteiger charge is 2.18. The summed E-state index contributed by atoms with van der Waals surface area (Å²) >= 11 is 0. The highest BCUT2D eigenvalue weighted by molar-refractivity contribution is 7.85. The van der Waals surface area contributed by atoms with Crippen LogP contribution in [0.4, 0.5) is 11.4 Å². The fourth-order valence-corrected chi connectivity index (χ4v) is 3.46. The third kappa shape index (κ3) is 5.34. The molecular formula is C20H20N4O4S. The van der Waals surface area contributed by atoms with Crippen molar-refractivity contribution in [1.82, 2.24) is 4.90 Å². The minimum atomic E-state index is -4.30. The van der Waals surface area contributed by atoms with Gasteiger partial charge in [0.05, 0.1) is 4.90 Å². The maximum Gasteiger partial charge on any atom is 0.294 e. The van der Waals surface area contributed by atoms with E-state index in [1.807, 2.05) is 41.3 Å². The first-order valence-electron chi connectivity index (χ1n) is 8.92. The molecule has 150 valence electrons. The molecule has 0 spiro atoms. The number of para-hydroxylation sites is 1. The molecule has 0 radical (unpaired) electrons. The van der Waals surface area contributed by atoms with E-state index in [4.69, 9.17) is 4.55 Å². The Morgan fingerprint density at radius 3 is 2.21 bits per heavy atom. The van der Waals surface area contributed by atoms with Gasteiger partial charge < -0.3 is 15.1 Å². The zero-order chi connectivity index (χ0) is 20.9. The Bertz CT molecular complexity index is 1040. The van der Waals surface area contributed by atoms with E-state index >= 15 is 0 Å². The molecule has 0 aliphatic carbocycles. The van der Waals surface area contributed by atoms with E-state index in [-0.39, 0.29) is 10.5 Å². The lowest BCUT2D eigenvalue weighted by atomic mass is 10.2. The Labute approximate surface area is 169 Å². The highest BCUT2D eigenvalue weighted by atomic mass is 32.2. The molecule has 2 N–H and O–H groups in total. The van der Waals surface area contributed by atoms with Crippen LogP contribution in [-0.4, -0.2) is 50.0 Å². The number of piperazine rings is 1. The predicted molar refractivity (Wildman–Crippen MR) is 109 cm³/mol. The first kappa shape index (κ1) is 20.4. The number of rotatable bonds is 5. The number of nitrogens with zero attached hydrogens (tertiary/aromatic N) is 3. The Kier molecular flexibility index (Phi) is 6.16. The summed E-state index contributed by atoms with van der Waals surface area (Å²) in [6.07, 6.45) is 1.55. The van der Waals surface area contributed by atoms with Crippen LogP contribution in [0.5, 0.6) is 0 Å². The van der Waals surface area contributed by atoms with Crippen LogP contribution in [0.1, 0.15) is 0 Å². The molecule has 2 aromatic carbocycles. The van der Waals surface area contributed by atoms with Crippen LogP contribution < -0.4 is 10.2 Å². The summed E-state index contributed by atoms with van der Waals surface area (Å²) in [7, 11) is -4.30. The molecule has 0 aromatic heterocycles. The number of benzene rings is 2. The lowest BCUT2D eigenvalue weighted by molar-refractivity contribution is -0.112. The van der Waals surface area contributed by atoms with Crippen LogP contribution in [-0.2, 0) is 14.9 Å². The van der Waals surface area contributed by atoms with E-state index in [1.54, 1.807) is 6.20 Å². The lowest BCUT2D eigenvalue weighted by Crippen LogP contribution is -2.44. The summed E-state index contributed by atoms with van der Waals surface area (Å²) in [4.78, 5) is 16.3. The molecule has 9 heteroatoms. The Hall–Kier alpha value is -3.35. The summed E-state index contributed by atoms with van der Waals surface area (Å²) in [5.41, 5.74) is 1.41. The zero-order valence-corrected chi connectivity index (χ0v) is 16.3. The van der Waals surface area contributed by atoms with Gasteiger partial charge in [-0.3, -0.25) is 9.35 Å². The molecular weight excluding hydrogens is 392 g/mol. The van der Waals surface area contributed by atoms with E-state index in [9.17, 15) is 18.5 Å². The summed E-state index contributed by atoms with van der Waals surface area (Å²) < 4.78 is 31.1. The minimum Gasteiger partial charge on any atom is -0.373 e. The third-order valence-electron chi connectivity index (χ3n) is 4.52. The normalized spacial score (nSPS) is 15.0. The second kappa shape index (κ2) is 8.77. The van der Waals surface area contributed by atoms with E-state index in [0.29, 0.717) is 18.8 Å². The number of hydrogen-bond acceptors (Lipinski definition) is 6. The molecule has 1 heterocycles. The van der Waals surface area contributed by atoms with Gasteiger partial charge in [-0.25, -0.2) is 0 Å². The van der Waals surface area contributed by atoms with E-state index < -0.39 is 16.0 Å². The van der Waals surface area contributed by atoms with Gasteiger partial charge in [-0.2, -0.15) is 13.7 Å². The van der Waals surface area contributed by atoms with Gasteiger partial charge in [0.1, 0.15) is 11.6 Å². The molecule has 0 atom stereocenters. The lowest BCUT2D eigenvalue weighted by Gasteiger charge is -2.35. The summed E-state index contributed by atoms with van der Waals surface area (Å²) in [6, 6.07) is 17.0. The number of nitriles is 1. The number of amides is 1. The van der Waals surface area contributed by atoms with Crippen molar-refractivity contribution in [3.8, 4) is 6.07 Å². The standard InChI is InChI=1S/C20H20N4O4S/c21-14-16(20(25)22-17-6-8-19(9-7-17)29(26,27)28)15-23-10-12-24(13-11-23)18-4-2-1-3-5-18/h1-9,15H,10-13H2,(H,22,25)(H,26,27,28)/b16-15-. The van der Waals surface area contributed by atoms with Crippen molar-refractivity contribution in [1.29, 1.82) is 5.26 Å². The maximum atomic E-state index is 12.4. The number of nitrogens with one attached hydrogen (secondary N) is 1. The fourth-order valence-electron chi connectivity index (χ4n) is 2.98. The van der Waals surface area contributed by atoms with Crippen molar-refractivity contribution in [3.63, 3.8) is 0 Å². The van der Waals surface area contributed by atoms with Crippen molar-refractivity contribution >= 4 is 27.4 Å². The van der Waals surface area contributed by atoms with Gasteiger partial charge in [0.2, 0.25) is 0 Å². The minimum absolute atomic E-state index is 0.0444. The van der Waals surface area contributed by atoms with Crippen molar-refractivity contribution in [2.24, 2.45) is 0 Å². The topological polar surface area (TPSA) is 114 Å². The zero-order valence-electron chi connectivity index (χ0n) is 15.5. The van der Waals surface area contributed by atoms with Gasteiger partial charge in [0.15, 0.2) is 0 Å². The van der Waals surface area contributed by atoms with Crippen LogP contribution in [0.15, 0.2) is 71.3 Å². The number of carbonyl (C=O) groups excluding carboxylic acids is 1. The number of carbonyl (C=O) groups is 1. The van der Waals surface area contributed by atoms with Crippen LogP contribution in [0.25, 0.3) is 0 Å². The third-order valence-corrected chi connectivity index (χ3v) is 5.39. The molecule has 1 saturated heterocycles. The first-order valence-corrected chi connectivity index (χ1v) is 10.4. The SMILES string of the molecule is N#C/C(=C/N1CCN(c2ccccc2)CC1)C(=O)Nc1ccc(S(=O)(=O)O)cc1. The molecule has 1 fully saturated rings. The van der Waals surface area contributed by atoms with Crippen molar-refractivity contribution < 1.29 is 17.8 Å². The average molecular weight is 412 g/mol. The molecule has 1 aliphatic heterocycles. The van der Waals surface area contributed by atoms with Crippen LogP contribution in [0.2, 0.25) is 0 Å². The summed E-state index contributed by atoms with van der Waals surface area (Å²) in [5, 5.41) is 11.9. The molecule has 0 bridgehead atoms. The summed E-state index contributed by atoms with van der Waals surface area (Å²) in [5.74, 6) is -0.586. The van der Waals surface area contributed by atoms with Gasteiger partial charge in [-0.15, -0.1) is 0 Å². The smallest absolute Gasteiger partial charge is 0.294 e. The van der Waals surface area contributed by atoms with Gasteiger partial charge in [-0.1, -0.05) is 18.2 Å². The number of hydrogen-bond donors (Lipinski definition) is 2. The van der Waals surface area contributed by atoms with Crippen LogP contribution in [0, 0.1) is 11.3 Å². The van der Waals surface area contributed by atoms with Crippen molar-refractivity contribution in [2.45, 2.75) is 4.90 Å². The largest absolute Gasteiger partial charge is 0.373 e. The Morgan fingerprint density at radius 2 is 1.66 bits per heavy atom. The average Bonchev–Trinajstić information content (AvgIpc) is 2.73. The molecule has 3 rings (SSSR count). The van der Waals surface area contributed by atoms with E-state index in [0.717, 1.165) is 18.8 Å². The van der Waals surface area contributed by atoms with Gasteiger partial charge in [-0.05, 0) is 36.4 Å².